The van der Waals surface area contributed by atoms with E-state index in [0.29, 0.717) is 18.0 Å². The fourth-order valence-electron chi connectivity index (χ4n) is 2.84. The highest BCUT2D eigenvalue weighted by molar-refractivity contribution is 5.27. The molecular weight excluding hydrogens is 296 g/mol. The first-order valence-corrected chi connectivity index (χ1v) is 7.69. The summed E-state index contributed by atoms with van der Waals surface area (Å²) in [7, 11) is 0. The van der Waals surface area contributed by atoms with E-state index in [-0.39, 0.29) is 0 Å². The highest BCUT2D eigenvalue weighted by Crippen LogP contribution is 2.32. The van der Waals surface area contributed by atoms with Crippen LogP contribution in [0.3, 0.4) is 0 Å². The van der Waals surface area contributed by atoms with Crippen molar-refractivity contribution < 1.29 is 17.6 Å². The Bertz CT molecular complexity index is 480. The van der Waals surface area contributed by atoms with Crippen molar-refractivity contribution in [1.29, 1.82) is 0 Å². The van der Waals surface area contributed by atoms with E-state index in [0.717, 1.165) is 51.2 Å². The zero-order chi connectivity index (χ0) is 16.2. The second kappa shape index (κ2) is 7.42. The van der Waals surface area contributed by atoms with Gasteiger partial charge < -0.3 is 5.32 Å². The van der Waals surface area contributed by atoms with E-state index in [9.17, 15) is 17.6 Å². The van der Waals surface area contributed by atoms with Crippen LogP contribution in [0.2, 0.25) is 0 Å². The summed E-state index contributed by atoms with van der Waals surface area (Å²) < 4.78 is 51.4. The molecule has 22 heavy (non-hydrogen) atoms. The molecule has 124 valence electrons. The van der Waals surface area contributed by atoms with Gasteiger partial charge in [0.05, 0.1) is 5.56 Å². The summed E-state index contributed by atoms with van der Waals surface area (Å²) in [5.74, 6) is -0.573. The van der Waals surface area contributed by atoms with Crippen molar-refractivity contribution in [3.63, 3.8) is 0 Å². The number of rotatable bonds is 5. The van der Waals surface area contributed by atoms with Gasteiger partial charge in [-0.1, -0.05) is 13.0 Å². The Labute approximate surface area is 128 Å². The van der Waals surface area contributed by atoms with Crippen molar-refractivity contribution in [3.05, 3.63) is 35.1 Å². The highest BCUT2D eigenvalue weighted by atomic mass is 19.4. The summed E-state index contributed by atoms with van der Waals surface area (Å²) in [5.41, 5.74) is -0.661. The van der Waals surface area contributed by atoms with Gasteiger partial charge in [0.15, 0.2) is 0 Å². The van der Waals surface area contributed by atoms with E-state index in [1.54, 1.807) is 0 Å². The molecule has 1 saturated heterocycles. The molecule has 1 aromatic carbocycles. The third-order valence-electron chi connectivity index (χ3n) is 4.13. The minimum absolute atomic E-state index is 0.442. The summed E-state index contributed by atoms with van der Waals surface area (Å²) in [6, 6.07) is 3.28. The van der Waals surface area contributed by atoms with Crippen LogP contribution in [0.5, 0.6) is 0 Å². The van der Waals surface area contributed by atoms with E-state index in [2.05, 4.69) is 17.1 Å². The predicted molar refractivity (Wildman–Crippen MR) is 77.9 cm³/mol. The van der Waals surface area contributed by atoms with Crippen molar-refractivity contribution >= 4 is 0 Å². The van der Waals surface area contributed by atoms with Crippen molar-refractivity contribution in [1.82, 2.24) is 10.2 Å². The first-order valence-electron chi connectivity index (χ1n) is 7.69. The van der Waals surface area contributed by atoms with Crippen LogP contribution >= 0.6 is 0 Å². The molecule has 1 N–H and O–H groups in total. The molecule has 1 fully saturated rings. The molecule has 0 spiro atoms. The monoisotopic (exact) mass is 318 g/mol. The van der Waals surface area contributed by atoms with Gasteiger partial charge in [0.1, 0.15) is 5.82 Å². The number of likely N-dealkylation sites (tertiary alicyclic amines) is 1. The van der Waals surface area contributed by atoms with Gasteiger partial charge in [-0.2, -0.15) is 13.2 Å². The number of piperidine rings is 1. The molecule has 6 heteroatoms. The van der Waals surface area contributed by atoms with Gasteiger partial charge in [-0.05, 0) is 62.6 Å². The highest BCUT2D eigenvalue weighted by Gasteiger charge is 2.34. The molecular formula is C16H22F4N2. The minimum Gasteiger partial charge on any atom is -0.317 e. The largest absolute Gasteiger partial charge is 0.419 e. The first kappa shape index (κ1) is 17.2. The normalized spacial score (nSPS) is 17.9. The quantitative estimate of drug-likeness (QED) is 0.834. The van der Waals surface area contributed by atoms with E-state index in [1.807, 2.05) is 0 Å². The molecule has 0 unspecified atom stereocenters. The van der Waals surface area contributed by atoms with Crippen LogP contribution in [0.15, 0.2) is 18.2 Å². The van der Waals surface area contributed by atoms with Crippen molar-refractivity contribution in [3.8, 4) is 0 Å². The molecule has 0 atom stereocenters. The Kier molecular flexibility index (Phi) is 5.81. The molecule has 1 heterocycles. The van der Waals surface area contributed by atoms with Gasteiger partial charge in [0.2, 0.25) is 0 Å². The molecule has 0 amide bonds. The van der Waals surface area contributed by atoms with Crippen LogP contribution < -0.4 is 5.32 Å². The Morgan fingerprint density at radius 1 is 1.23 bits per heavy atom. The lowest BCUT2D eigenvalue weighted by molar-refractivity contribution is -0.140. The molecule has 0 aromatic heterocycles. The molecule has 0 saturated carbocycles. The average molecular weight is 318 g/mol. The Balaban J connectivity index is 1.92. The van der Waals surface area contributed by atoms with Crippen LogP contribution in [-0.4, -0.2) is 31.1 Å². The van der Waals surface area contributed by atoms with Crippen LogP contribution in [0.25, 0.3) is 0 Å². The molecule has 0 radical (unpaired) electrons. The predicted octanol–water partition coefficient (Wildman–Crippen LogP) is 3.67. The Morgan fingerprint density at radius 3 is 2.50 bits per heavy atom. The van der Waals surface area contributed by atoms with E-state index in [4.69, 9.17) is 0 Å². The Morgan fingerprint density at radius 2 is 1.91 bits per heavy atom. The van der Waals surface area contributed by atoms with Crippen molar-refractivity contribution in [2.45, 2.75) is 32.5 Å². The van der Waals surface area contributed by atoms with Crippen LogP contribution in [0, 0.1) is 11.7 Å². The smallest absolute Gasteiger partial charge is 0.317 e. The summed E-state index contributed by atoms with van der Waals surface area (Å²) >= 11 is 0. The van der Waals surface area contributed by atoms with Crippen molar-refractivity contribution in [2.75, 3.05) is 26.2 Å². The maximum Gasteiger partial charge on any atom is 0.419 e. The van der Waals surface area contributed by atoms with Gasteiger partial charge in [-0.3, -0.25) is 4.90 Å². The number of alkyl halides is 3. The Hall–Kier alpha value is -1.14. The zero-order valence-electron chi connectivity index (χ0n) is 12.7. The fourth-order valence-corrected chi connectivity index (χ4v) is 2.84. The summed E-state index contributed by atoms with van der Waals surface area (Å²) in [4.78, 5) is 2.13. The maximum absolute atomic E-state index is 13.3. The second-order valence-electron chi connectivity index (χ2n) is 5.84. The molecule has 1 aliphatic heterocycles. The molecule has 1 aliphatic rings. The topological polar surface area (TPSA) is 15.3 Å². The number of benzene rings is 1. The maximum atomic E-state index is 13.3. The number of nitrogens with one attached hydrogen (secondary N) is 1. The lowest BCUT2D eigenvalue weighted by Gasteiger charge is -2.32. The lowest BCUT2D eigenvalue weighted by Crippen LogP contribution is -2.36. The standard InChI is InChI=1S/C16H22F4N2/c1-2-21-10-12-5-7-22(8-6-12)11-13-3-4-15(17)14(9-13)16(18,19)20/h3-4,9,12,21H,2,5-8,10-11H2,1H3. The van der Waals surface area contributed by atoms with Gasteiger partial charge in [-0.25, -0.2) is 4.39 Å². The van der Waals surface area contributed by atoms with E-state index in [1.165, 1.54) is 6.07 Å². The van der Waals surface area contributed by atoms with Gasteiger partial charge >= 0.3 is 6.18 Å². The molecule has 0 aliphatic carbocycles. The summed E-state index contributed by atoms with van der Waals surface area (Å²) in [6.07, 6.45) is -2.56. The van der Waals surface area contributed by atoms with E-state index < -0.39 is 17.6 Å². The molecule has 2 rings (SSSR count). The number of hydrogen-bond donors (Lipinski definition) is 1. The van der Waals surface area contributed by atoms with Gasteiger partial charge in [-0.15, -0.1) is 0 Å². The summed E-state index contributed by atoms with van der Waals surface area (Å²) in [6.45, 7) is 6.21. The van der Waals surface area contributed by atoms with Gasteiger partial charge in [0.25, 0.3) is 0 Å². The third-order valence-corrected chi connectivity index (χ3v) is 4.13. The fraction of sp³-hybridized carbons (Fsp3) is 0.625. The number of nitrogens with zero attached hydrogens (tertiary/aromatic N) is 1. The van der Waals surface area contributed by atoms with Gasteiger partial charge in [0, 0.05) is 6.54 Å². The number of hydrogen-bond acceptors (Lipinski definition) is 2. The van der Waals surface area contributed by atoms with E-state index >= 15 is 0 Å². The lowest BCUT2D eigenvalue weighted by atomic mass is 9.96. The average Bonchev–Trinajstić information content (AvgIpc) is 2.47. The minimum atomic E-state index is -4.64. The summed E-state index contributed by atoms with van der Waals surface area (Å²) in [5, 5.41) is 3.33. The van der Waals surface area contributed by atoms with Crippen molar-refractivity contribution in [2.24, 2.45) is 5.92 Å². The zero-order valence-corrected chi connectivity index (χ0v) is 12.7. The molecule has 2 nitrogen and oxygen atoms in total. The first-order chi connectivity index (χ1) is 10.4. The second-order valence-corrected chi connectivity index (χ2v) is 5.84. The molecule has 1 aromatic rings. The SMILES string of the molecule is CCNCC1CCN(Cc2ccc(F)c(C(F)(F)F)c2)CC1. The van der Waals surface area contributed by atoms with Crippen LogP contribution in [0.1, 0.15) is 30.9 Å². The number of halogens is 4. The van der Waals surface area contributed by atoms with Crippen LogP contribution in [-0.2, 0) is 12.7 Å². The van der Waals surface area contributed by atoms with Crippen LogP contribution in [0.4, 0.5) is 17.6 Å². The third kappa shape index (κ3) is 4.68. The molecule has 0 bridgehead atoms.